The van der Waals surface area contributed by atoms with Crippen LogP contribution in [0, 0.1) is 5.92 Å². The summed E-state index contributed by atoms with van der Waals surface area (Å²) in [5.74, 6) is 0.580. The molecule has 1 N–H and O–H groups in total. The highest BCUT2D eigenvalue weighted by Gasteiger charge is 2.37. The fourth-order valence-electron chi connectivity index (χ4n) is 2.88. The quantitative estimate of drug-likeness (QED) is 0.810. The highest BCUT2D eigenvalue weighted by molar-refractivity contribution is 6.09. The summed E-state index contributed by atoms with van der Waals surface area (Å²) in [6, 6.07) is 8.78. The summed E-state index contributed by atoms with van der Waals surface area (Å²) in [7, 11) is 3.09. The van der Waals surface area contributed by atoms with E-state index in [0.717, 1.165) is 0 Å². The molecule has 3 rings (SSSR count). The van der Waals surface area contributed by atoms with E-state index in [1.54, 1.807) is 55.7 Å². The van der Waals surface area contributed by atoms with Crippen LogP contribution in [-0.4, -0.2) is 32.6 Å². The van der Waals surface area contributed by atoms with Gasteiger partial charge >= 0.3 is 0 Å². The lowest BCUT2D eigenvalue weighted by Gasteiger charge is -2.18. The molecule has 1 atom stereocenters. The van der Waals surface area contributed by atoms with Crippen molar-refractivity contribution >= 4 is 17.5 Å². The number of ether oxygens (including phenoxy) is 2. The second-order valence-electron chi connectivity index (χ2n) is 5.67. The Morgan fingerprint density at radius 3 is 2.76 bits per heavy atom. The number of furan rings is 1. The number of anilines is 1. The molecule has 2 aromatic rings. The zero-order valence-corrected chi connectivity index (χ0v) is 14.2. The van der Waals surface area contributed by atoms with E-state index in [-0.39, 0.29) is 18.4 Å². The third-order valence-corrected chi connectivity index (χ3v) is 4.22. The van der Waals surface area contributed by atoms with Crippen molar-refractivity contribution in [2.45, 2.75) is 13.0 Å². The number of carbonyl (C=O) groups is 2. The van der Waals surface area contributed by atoms with Gasteiger partial charge in [0, 0.05) is 18.3 Å². The number of carbonyl (C=O) groups excluding carboxylic acids is 2. The van der Waals surface area contributed by atoms with E-state index >= 15 is 0 Å². The average molecular weight is 344 g/mol. The Kier molecular flexibility index (Phi) is 4.92. The third-order valence-electron chi connectivity index (χ3n) is 4.22. The predicted molar refractivity (Wildman–Crippen MR) is 90.6 cm³/mol. The van der Waals surface area contributed by atoms with Crippen LogP contribution in [0.4, 0.5) is 5.69 Å². The molecular formula is C18H20N2O5. The number of benzene rings is 1. The number of hydrogen-bond acceptors (Lipinski definition) is 5. The van der Waals surface area contributed by atoms with Crippen molar-refractivity contribution in [2.24, 2.45) is 5.92 Å². The molecule has 0 saturated carbocycles. The van der Waals surface area contributed by atoms with E-state index in [0.29, 0.717) is 35.9 Å². The summed E-state index contributed by atoms with van der Waals surface area (Å²) in [6.45, 7) is 0.749. The van der Waals surface area contributed by atoms with Crippen LogP contribution in [0.3, 0.4) is 0 Å². The Labute approximate surface area is 145 Å². The molecule has 1 saturated heterocycles. The Balaban J connectivity index is 1.68. The maximum Gasteiger partial charge on any atom is 0.239 e. The summed E-state index contributed by atoms with van der Waals surface area (Å²) < 4.78 is 15.7. The van der Waals surface area contributed by atoms with Gasteiger partial charge in [-0.1, -0.05) is 0 Å². The van der Waals surface area contributed by atoms with Crippen molar-refractivity contribution in [1.82, 2.24) is 5.32 Å². The van der Waals surface area contributed by atoms with Gasteiger partial charge in [-0.3, -0.25) is 9.59 Å². The highest BCUT2D eigenvalue weighted by atomic mass is 16.5. The van der Waals surface area contributed by atoms with Crippen molar-refractivity contribution in [3.8, 4) is 11.5 Å². The molecule has 1 aliphatic rings. The predicted octanol–water partition coefficient (Wildman–Crippen LogP) is 1.97. The summed E-state index contributed by atoms with van der Waals surface area (Å²) in [6.07, 6.45) is 2.01. The number of nitrogens with zero attached hydrogens (tertiary/aromatic N) is 1. The van der Waals surface area contributed by atoms with Crippen molar-refractivity contribution in [3.63, 3.8) is 0 Å². The summed E-state index contributed by atoms with van der Waals surface area (Å²) >= 11 is 0. The molecular weight excluding hydrogens is 324 g/mol. The molecule has 7 nitrogen and oxygen atoms in total. The molecule has 1 fully saturated rings. The molecule has 1 aromatic carbocycles. The van der Waals surface area contributed by atoms with E-state index in [9.17, 15) is 9.59 Å². The van der Waals surface area contributed by atoms with Crippen LogP contribution in [0.25, 0.3) is 0 Å². The zero-order valence-electron chi connectivity index (χ0n) is 14.2. The Hall–Kier alpha value is -2.96. The number of methoxy groups -OCH3 is 2. The number of rotatable bonds is 6. The molecule has 1 aliphatic heterocycles. The first-order chi connectivity index (χ1) is 12.1. The van der Waals surface area contributed by atoms with Gasteiger partial charge in [0.05, 0.1) is 27.0 Å². The molecule has 0 radical (unpaired) electrons. The van der Waals surface area contributed by atoms with E-state index in [4.69, 9.17) is 13.9 Å². The van der Waals surface area contributed by atoms with Gasteiger partial charge < -0.3 is 24.1 Å². The van der Waals surface area contributed by atoms with Gasteiger partial charge in [-0.25, -0.2) is 0 Å². The first-order valence-corrected chi connectivity index (χ1v) is 7.97. The van der Waals surface area contributed by atoms with Crippen LogP contribution >= 0.6 is 0 Å². The number of hydrogen-bond donors (Lipinski definition) is 1. The average Bonchev–Trinajstić information content (AvgIpc) is 3.28. The first-order valence-electron chi connectivity index (χ1n) is 7.97. The smallest absolute Gasteiger partial charge is 0.239 e. The van der Waals surface area contributed by atoms with Gasteiger partial charge in [0.15, 0.2) is 11.5 Å². The van der Waals surface area contributed by atoms with Gasteiger partial charge in [0.1, 0.15) is 11.7 Å². The van der Waals surface area contributed by atoms with Crippen LogP contribution in [0.2, 0.25) is 0 Å². The minimum Gasteiger partial charge on any atom is -0.493 e. The minimum absolute atomic E-state index is 0.218. The third kappa shape index (κ3) is 3.45. The van der Waals surface area contributed by atoms with Gasteiger partial charge in [-0.2, -0.15) is 0 Å². The van der Waals surface area contributed by atoms with Crippen LogP contribution in [0.1, 0.15) is 12.2 Å². The standard InChI is InChI=1S/C18H20N2O5/c1-23-15-6-5-12(10-16(15)24-2)20-8-7-14(18(20)22)17(21)19-11-13-4-3-9-25-13/h3-6,9-10,14H,7-8,11H2,1-2H3,(H,19,21). The van der Waals surface area contributed by atoms with Crippen molar-refractivity contribution in [1.29, 1.82) is 0 Å². The molecule has 1 unspecified atom stereocenters. The Bertz CT molecular complexity index is 757. The summed E-state index contributed by atoms with van der Waals surface area (Å²) in [5, 5.41) is 2.75. The van der Waals surface area contributed by atoms with Crippen molar-refractivity contribution in [3.05, 3.63) is 42.4 Å². The van der Waals surface area contributed by atoms with E-state index in [1.165, 1.54) is 0 Å². The summed E-state index contributed by atoms with van der Waals surface area (Å²) in [4.78, 5) is 26.5. The topological polar surface area (TPSA) is 81.0 Å². The number of nitrogens with one attached hydrogen (secondary N) is 1. The molecule has 0 aliphatic carbocycles. The van der Waals surface area contributed by atoms with Crippen molar-refractivity contribution in [2.75, 3.05) is 25.7 Å². The normalized spacial score (nSPS) is 16.8. The SMILES string of the molecule is COc1ccc(N2CCC(C(=O)NCc3ccco3)C2=O)cc1OC. The molecule has 132 valence electrons. The maximum atomic E-state index is 12.6. The molecule has 2 heterocycles. The number of amides is 2. The molecule has 2 amide bonds. The second-order valence-corrected chi connectivity index (χ2v) is 5.67. The lowest BCUT2D eigenvalue weighted by molar-refractivity contribution is -0.132. The van der Waals surface area contributed by atoms with E-state index in [2.05, 4.69) is 5.32 Å². The van der Waals surface area contributed by atoms with E-state index < -0.39 is 5.92 Å². The molecule has 0 spiro atoms. The van der Waals surface area contributed by atoms with Crippen molar-refractivity contribution < 1.29 is 23.5 Å². The Morgan fingerprint density at radius 2 is 2.08 bits per heavy atom. The van der Waals surface area contributed by atoms with Gasteiger partial charge in [0.25, 0.3) is 0 Å². The maximum absolute atomic E-state index is 12.6. The molecule has 1 aromatic heterocycles. The van der Waals surface area contributed by atoms with Crippen LogP contribution in [0.15, 0.2) is 41.0 Å². The lowest BCUT2D eigenvalue weighted by atomic mass is 10.1. The van der Waals surface area contributed by atoms with Gasteiger partial charge in [-0.05, 0) is 30.7 Å². The van der Waals surface area contributed by atoms with E-state index in [1.807, 2.05) is 0 Å². The van der Waals surface area contributed by atoms with Crippen LogP contribution in [0.5, 0.6) is 11.5 Å². The lowest BCUT2D eigenvalue weighted by Crippen LogP contribution is -2.36. The monoisotopic (exact) mass is 344 g/mol. The summed E-state index contributed by atoms with van der Waals surface area (Å²) in [5.41, 5.74) is 0.684. The molecule has 25 heavy (non-hydrogen) atoms. The fraction of sp³-hybridized carbons (Fsp3) is 0.333. The fourth-order valence-corrected chi connectivity index (χ4v) is 2.88. The Morgan fingerprint density at radius 1 is 1.28 bits per heavy atom. The molecule has 7 heteroatoms. The van der Waals surface area contributed by atoms with Gasteiger partial charge in [0.2, 0.25) is 11.8 Å². The zero-order chi connectivity index (χ0) is 17.8. The highest BCUT2D eigenvalue weighted by Crippen LogP contribution is 2.34. The van der Waals surface area contributed by atoms with Gasteiger partial charge in [-0.15, -0.1) is 0 Å². The first kappa shape index (κ1) is 16.9. The largest absolute Gasteiger partial charge is 0.493 e. The second kappa shape index (κ2) is 7.29. The van der Waals surface area contributed by atoms with Crippen LogP contribution in [-0.2, 0) is 16.1 Å². The minimum atomic E-state index is -0.692. The van der Waals surface area contributed by atoms with Crippen LogP contribution < -0.4 is 19.7 Å². The molecule has 0 bridgehead atoms.